The molecule has 0 amide bonds. The molecule has 44 valence electrons. The summed E-state index contributed by atoms with van der Waals surface area (Å²) < 4.78 is 1.37. The van der Waals surface area contributed by atoms with Gasteiger partial charge in [-0.2, -0.15) is 0 Å². The Labute approximate surface area is 55.2 Å². The summed E-state index contributed by atoms with van der Waals surface area (Å²) in [5.41, 5.74) is 5.15. The van der Waals surface area contributed by atoms with Crippen LogP contribution in [0.3, 0.4) is 0 Å². The molecule has 1 aliphatic carbocycles. The summed E-state index contributed by atoms with van der Waals surface area (Å²) in [6.45, 7) is 2.11. The van der Waals surface area contributed by atoms with Crippen LogP contribution in [0.2, 0.25) is 0 Å². The normalized spacial score (nSPS) is 17.1. The molecular formula is C7H8Fe. The number of rotatable bonds is 0. The monoisotopic (exact) mass is 148 g/mol. The molecule has 0 atom stereocenters. The molecule has 0 nitrogen and oxygen atoms in total. The average molecular weight is 148 g/mol. The molecule has 1 rings (SSSR count). The molecule has 0 heterocycles. The van der Waals surface area contributed by atoms with Crippen LogP contribution in [0.15, 0.2) is 23.8 Å². The third-order valence-electron chi connectivity index (χ3n) is 1.09. The van der Waals surface area contributed by atoms with Crippen LogP contribution in [-0.4, -0.2) is 9.84 Å². The van der Waals surface area contributed by atoms with Gasteiger partial charge in [-0.15, -0.1) is 0 Å². The van der Waals surface area contributed by atoms with Crippen LogP contribution < -0.4 is 0 Å². The summed E-state index contributed by atoms with van der Waals surface area (Å²) >= 11 is 0.916. The van der Waals surface area contributed by atoms with Crippen molar-refractivity contribution in [3.8, 4) is 0 Å². The zero-order chi connectivity index (χ0) is 5.98. The number of hydrogen-bond acceptors (Lipinski definition) is 0. The molecule has 0 unspecified atom stereocenters. The molecule has 0 aromatic heterocycles. The predicted octanol–water partition coefficient (Wildman–Crippen LogP) is 1.19. The summed E-state index contributed by atoms with van der Waals surface area (Å²) in [6.07, 6.45) is 6.29. The summed E-state index contributed by atoms with van der Waals surface area (Å²) in [5, 5.41) is 0. The molecule has 0 radical (unpaired) electrons. The second-order valence-corrected chi connectivity index (χ2v) is 2.65. The Kier molecular flexibility index (Phi) is 1.72. The Balaban J connectivity index is 3.05. The van der Waals surface area contributed by atoms with Crippen LogP contribution in [-0.2, 0) is 14.1 Å². The van der Waals surface area contributed by atoms with Gasteiger partial charge in [0.15, 0.2) is 0 Å². The molecule has 0 saturated heterocycles. The average Bonchev–Trinajstić information content (AvgIpc) is 2.14. The molecule has 1 heteroatoms. The van der Waals surface area contributed by atoms with Crippen LogP contribution in [0.1, 0.15) is 6.92 Å². The molecule has 0 N–H and O–H groups in total. The van der Waals surface area contributed by atoms with Gasteiger partial charge < -0.3 is 0 Å². The second kappa shape index (κ2) is 2.34. The van der Waals surface area contributed by atoms with Crippen LogP contribution >= 0.6 is 0 Å². The molecule has 0 aliphatic heterocycles. The van der Waals surface area contributed by atoms with E-state index in [2.05, 4.69) is 30.6 Å². The zero-order valence-electron chi connectivity index (χ0n) is 4.79. The zero-order valence-corrected chi connectivity index (χ0v) is 5.90. The quantitative estimate of drug-likeness (QED) is 0.452. The van der Waals surface area contributed by atoms with Gasteiger partial charge in [-0.05, 0) is 0 Å². The summed E-state index contributed by atoms with van der Waals surface area (Å²) in [6, 6.07) is 0. The standard InChI is InChI=1S/C6H6.CH2.Fe/c1-6-4-2-3-5-6;;/h2-4H,1H3;1H2;. The molecule has 0 aromatic carbocycles. The van der Waals surface area contributed by atoms with Crippen molar-refractivity contribution >= 4 is 9.84 Å². The fraction of sp³-hybridized carbons (Fsp3) is 0.143. The van der Waals surface area contributed by atoms with Gasteiger partial charge >= 0.3 is 54.6 Å². The minimum atomic E-state index is 0.916. The van der Waals surface area contributed by atoms with E-state index in [1.54, 1.807) is 0 Å². The first-order valence-electron chi connectivity index (χ1n) is 2.42. The van der Waals surface area contributed by atoms with Crippen molar-refractivity contribution in [2.75, 3.05) is 0 Å². The van der Waals surface area contributed by atoms with E-state index in [-0.39, 0.29) is 0 Å². The summed E-state index contributed by atoms with van der Waals surface area (Å²) in [4.78, 5) is 0. The van der Waals surface area contributed by atoms with E-state index in [9.17, 15) is 0 Å². The Hall–Kier alpha value is -0.261. The van der Waals surface area contributed by atoms with Crippen molar-refractivity contribution in [2.24, 2.45) is 0 Å². The van der Waals surface area contributed by atoms with E-state index in [1.807, 2.05) is 0 Å². The van der Waals surface area contributed by atoms with Gasteiger partial charge in [-0.1, -0.05) is 0 Å². The van der Waals surface area contributed by atoms with Crippen molar-refractivity contribution in [3.63, 3.8) is 0 Å². The van der Waals surface area contributed by atoms with E-state index in [1.165, 1.54) is 9.99 Å². The van der Waals surface area contributed by atoms with E-state index in [0.29, 0.717) is 0 Å². The van der Waals surface area contributed by atoms with Crippen molar-refractivity contribution in [1.82, 2.24) is 0 Å². The molecule has 0 aromatic rings. The third-order valence-corrected chi connectivity index (χ3v) is 2.13. The topological polar surface area (TPSA) is 0 Å². The molecule has 0 saturated carbocycles. The minimum absolute atomic E-state index is 0.916. The van der Waals surface area contributed by atoms with E-state index < -0.39 is 0 Å². The van der Waals surface area contributed by atoms with E-state index in [4.69, 9.17) is 0 Å². The first-order chi connectivity index (χ1) is 3.84. The molecular weight excluding hydrogens is 140 g/mol. The Morgan fingerprint density at radius 3 is 2.62 bits per heavy atom. The van der Waals surface area contributed by atoms with Gasteiger partial charge in [0.1, 0.15) is 0 Å². The first-order valence-corrected chi connectivity index (χ1v) is 3.75. The maximum absolute atomic E-state index is 3.79. The van der Waals surface area contributed by atoms with Gasteiger partial charge in [0.05, 0.1) is 0 Å². The van der Waals surface area contributed by atoms with E-state index in [0.717, 1.165) is 14.1 Å². The Morgan fingerprint density at radius 2 is 2.38 bits per heavy atom. The third kappa shape index (κ3) is 0.935. The fourth-order valence-corrected chi connectivity index (χ4v) is 1.26. The molecule has 1 aliphatic rings. The Bertz CT molecular complexity index is 202. The van der Waals surface area contributed by atoms with Gasteiger partial charge in [0.25, 0.3) is 0 Å². The van der Waals surface area contributed by atoms with Crippen molar-refractivity contribution < 1.29 is 14.1 Å². The van der Waals surface area contributed by atoms with Gasteiger partial charge in [-0.25, -0.2) is 0 Å². The van der Waals surface area contributed by atoms with Crippen LogP contribution in [0, 0.1) is 0 Å². The fourth-order valence-electron chi connectivity index (χ4n) is 0.624. The summed E-state index contributed by atoms with van der Waals surface area (Å²) in [5.74, 6) is 0. The van der Waals surface area contributed by atoms with Gasteiger partial charge in [-0.3, -0.25) is 0 Å². The van der Waals surface area contributed by atoms with Crippen LogP contribution in [0.4, 0.5) is 0 Å². The van der Waals surface area contributed by atoms with Crippen molar-refractivity contribution in [2.45, 2.75) is 6.92 Å². The predicted molar refractivity (Wildman–Crippen MR) is 35.0 cm³/mol. The van der Waals surface area contributed by atoms with E-state index >= 15 is 0 Å². The molecule has 0 spiro atoms. The number of allylic oxidation sites excluding steroid dienone is 4. The van der Waals surface area contributed by atoms with Crippen LogP contribution in [0.5, 0.6) is 0 Å². The van der Waals surface area contributed by atoms with Crippen molar-refractivity contribution in [3.05, 3.63) is 23.8 Å². The first kappa shape index (κ1) is 5.87. The van der Waals surface area contributed by atoms with Crippen LogP contribution in [0.25, 0.3) is 0 Å². The SMILES string of the molecule is [CH2]=[Fe]=[C]1C=CC=C1C. The summed E-state index contributed by atoms with van der Waals surface area (Å²) in [7, 11) is 0. The molecule has 0 fully saturated rings. The van der Waals surface area contributed by atoms with Gasteiger partial charge in [0, 0.05) is 0 Å². The maximum atomic E-state index is 3.79. The molecule has 0 bridgehead atoms. The molecule has 8 heavy (non-hydrogen) atoms. The number of hydrogen-bond donors (Lipinski definition) is 0. The second-order valence-electron chi connectivity index (χ2n) is 1.67. The van der Waals surface area contributed by atoms with Crippen molar-refractivity contribution in [1.29, 1.82) is 0 Å². The van der Waals surface area contributed by atoms with Gasteiger partial charge in [0.2, 0.25) is 0 Å². The Morgan fingerprint density at radius 1 is 1.62 bits per heavy atom.